The van der Waals surface area contributed by atoms with Gasteiger partial charge in [-0.2, -0.15) is 57.1 Å². The van der Waals surface area contributed by atoms with Crippen molar-refractivity contribution < 1.29 is 76.4 Å². The minimum atomic E-state index is -7.41. The molecule has 0 saturated carbocycles. The van der Waals surface area contributed by atoms with Crippen LogP contribution in [0.5, 0.6) is 0 Å². The monoisotopic (exact) mass is 522 g/mol. The number of aliphatic hydroxyl groups is 1. The highest BCUT2D eigenvalue weighted by Gasteiger charge is 2.81. The van der Waals surface area contributed by atoms with E-state index in [0.717, 1.165) is 0 Å². The lowest BCUT2D eigenvalue weighted by Crippen LogP contribution is -2.63. The molecule has 0 aliphatic carbocycles. The van der Waals surface area contributed by atoms with Crippen molar-refractivity contribution in [1.82, 2.24) is 0 Å². The molecule has 33 heavy (non-hydrogen) atoms. The number of hydrogen-bond acceptors (Lipinski definition) is 4. The van der Waals surface area contributed by atoms with Crippen LogP contribution in [0.15, 0.2) is 12.3 Å². The first-order chi connectivity index (χ1) is 14.7. The number of ether oxygens (including phenoxy) is 3. The van der Waals surface area contributed by atoms with Gasteiger partial charge in [-0.3, -0.25) is 0 Å². The quantitative estimate of drug-likeness (QED) is 0.169. The minimum absolute atomic E-state index is 0.0593. The highest BCUT2D eigenvalue weighted by Crippen LogP contribution is 2.53. The van der Waals surface area contributed by atoms with E-state index < -0.39 is 55.5 Å². The maximum Gasteiger partial charge on any atom is 0.462 e. The van der Waals surface area contributed by atoms with Crippen molar-refractivity contribution in [1.29, 1.82) is 0 Å². The highest BCUT2D eigenvalue weighted by molar-refractivity contribution is 4.94. The van der Waals surface area contributed by atoms with Crippen LogP contribution in [0, 0.1) is 0 Å². The van der Waals surface area contributed by atoms with Crippen LogP contribution in [0.4, 0.5) is 57.1 Å². The fraction of sp³-hybridized carbons (Fsp3) is 0.875. The van der Waals surface area contributed by atoms with E-state index in [4.69, 9.17) is 4.74 Å². The Labute approximate surface area is 178 Å². The van der Waals surface area contributed by atoms with Crippen LogP contribution in [-0.4, -0.2) is 67.2 Å². The number of halogens is 13. The van der Waals surface area contributed by atoms with Gasteiger partial charge in [0.05, 0.1) is 19.0 Å². The summed E-state index contributed by atoms with van der Waals surface area (Å²) in [7, 11) is 0. The lowest BCUT2D eigenvalue weighted by molar-refractivity contribution is -0.509. The fourth-order valence-electron chi connectivity index (χ4n) is 1.89. The molecular formula is C16H19F13O4. The van der Waals surface area contributed by atoms with E-state index in [0.29, 0.717) is 0 Å². The molecule has 0 rings (SSSR count). The Hall–Kier alpha value is -1.49. The molecule has 0 aliphatic rings. The molecule has 0 aliphatic heterocycles. The van der Waals surface area contributed by atoms with Crippen LogP contribution < -0.4 is 0 Å². The second-order valence-corrected chi connectivity index (χ2v) is 6.46. The first-order valence-electron chi connectivity index (χ1n) is 8.81. The first kappa shape index (κ1) is 31.5. The van der Waals surface area contributed by atoms with Gasteiger partial charge in [0, 0.05) is 13.0 Å². The number of alkyl halides is 13. The SMILES string of the molecule is CC=COCC[C@H](O)CCCOCC(F)(F)C(F)(F)C(F)(F)OC(F)(F)C(F)(F)C(F)(F)F. The number of aliphatic hydroxyl groups excluding tert-OH is 1. The largest absolute Gasteiger partial charge is 0.501 e. The zero-order valence-electron chi connectivity index (χ0n) is 16.6. The number of hydrogen-bond donors (Lipinski definition) is 1. The Kier molecular flexibility index (Phi) is 10.8. The normalized spacial score (nSPS) is 15.8. The van der Waals surface area contributed by atoms with Gasteiger partial charge in [0.25, 0.3) is 0 Å². The smallest absolute Gasteiger partial charge is 0.462 e. The summed E-state index contributed by atoms with van der Waals surface area (Å²) in [5.41, 5.74) is 0. The Balaban J connectivity index is 4.96. The van der Waals surface area contributed by atoms with Crippen molar-refractivity contribution in [3.05, 3.63) is 12.3 Å². The van der Waals surface area contributed by atoms with Crippen LogP contribution in [0.3, 0.4) is 0 Å². The Morgan fingerprint density at radius 3 is 1.76 bits per heavy atom. The van der Waals surface area contributed by atoms with Gasteiger partial charge in [0.1, 0.15) is 6.61 Å². The molecule has 0 aromatic carbocycles. The second kappa shape index (κ2) is 11.3. The predicted molar refractivity (Wildman–Crippen MR) is 83.3 cm³/mol. The number of rotatable bonds is 15. The van der Waals surface area contributed by atoms with E-state index in [-0.39, 0.29) is 25.9 Å². The topological polar surface area (TPSA) is 47.9 Å². The first-order valence-corrected chi connectivity index (χ1v) is 8.81. The molecule has 1 atom stereocenters. The molecule has 0 unspecified atom stereocenters. The maximum absolute atomic E-state index is 13.5. The summed E-state index contributed by atoms with van der Waals surface area (Å²) in [6, 6.07) is 0. The molecule has 4 nitrogen and oxygen atoms in total. The standard InChI is InChI=1S/C16H19F13O4/c1-2-6-31-8-5-10(30)4-3-7-32-9-11(17,18)12(19,20)15(26,27)33-16(28,29)13(21,22)14(23,24)25/h2,6,10,30H,3-5,7-9H2,1H3/t10-/m1/s1. The van der Waals surface area contributed by atoms with Gasteiger partial charge in [-0.25, -0.2) is 4.74 Å². The molecule has 0 amide bonds. The van der Waals surface area contributed by atoms with Crippen LogP contribution in [0.1, 0.15) is 26.2 Å². The van der Waals surface area contributed by atoms with Crippen molar-refractivity contribution in [2.75, 3.05) is 19.8 Å². The third-order valence-corrected chi connectivity index (χ3v) is 3.71. The Bertz CT molecular complexity index is 620. The van der Waals surface area contributed by atoms with E-state index in [1.807, 2.05) is 0 Å². The molecular weight excluding hydrogens is 503 g/mol. The molecule has 0 spiro atoms. The zero-order chi connectivity index (χ0) is 26.4. The Morgan fingerprint density at radius 1 is 0.758 bits per heavy atom. The minimum Gasteiger partial charge on any atom is -0.501 e. The maximum atomic E-state index is 13.5. The summed E-state index contributed by atoms with van der Waals surface area (Å²) in [5, 5.41) is 9.52. The highest BCUT2D eigenvalue weighted by atomic mass is 19.4. The summed E-state index contributed by atoms with van der Waals surface area (Å²) in [5.74, 6) is -20.4. The van der Waals surface area contributed by atoms with Crippen LogP contribution in [-0.2, 0) is 14.2 Å². The van der Waals surface area contributed by atoms with Crippen molar-refractivity contribution in [3.8, 4) is 0 Å². The summed E-state index contributed by atoms with van der Waals surface area (Å²) >= 11 is 0. The molecule has 0 heterocycles. The molecule has 0 bridgehead atoms. The molecule has 1 N–H and O–H groups in total. The summed E-state index contributed by atoms with van der Waals surface area (Å²) in [4.78, 5) is 0. The number of allylic oxidation sites excluding steroid dienone is 1. The molecule has 0 fully saturated rings. The zero-order valence-corrected chi connectivity index (χ0v) is 16.6. The average Bonchev–Trinajstić information content (AvgIpc) is 2.62. The summed E-state index contributed by atoms with van der Waals surface area (Å²) in [6.45, 7) is -1.70. The molecule has 198 valence electrons. The van der Waals surface area contributed by atoms with Crippen molar-refractivity contribution in [2.24, 2.45) is 0 Å². The average molecular weight is 522 g/mol. The van der Waals surface area contributed by atoms with Crippen LogP contribution in [0.2, 0.25) is 0 Å². The van der Waals surface area contributed by atoms with Gasteiger partial charge in [0.15, 0.2) is 0 Å². The van der Waals surface area contributed by atoms with Crippen LogP contribution >= 0.6 is 0 Å². The molecule has 0 aromatic rings. The predicted octanol–water partition coefficient (Wildman–Crippen LogP) is 5.75. The van der Waals surface area contributed by atoms with Gasteiger partial charge >= 0.3 is 36.2 Å². The third kappa shape index (κ3) is 8.05. The van der Waals surface area contributed by atoms with Gasteiger partial charge < -0.3 is 14.6 Å². The second-order valence-electron chi connectivity index (χ2n) is 6.46. The van der Waals surface area contributed by atoms with Crippen molar-refractivity contribution in [3.63, 3.8) is 0 Å². The lowest BCUT2D eigenvalue weighted by Gasteiger charge is -2.35. The van der Waals surface area contributed by atoms with Crippen LogP contribution in [0.25, 0.3) is 0 Å². The van der Waals surface area contributed by atoms with E-state index in [1.165, 1.54) is 12.3 Å². The van der Waals surface area contributed by atoms with Crippen molar-refractivity contribution in [2.45, 2.75) is 68.5 Å². The Morgan fingerprint density at radius 2 is 1.27 bits per heavy atom. The lowest BCUT2D eigenvalue weighted by atomic mass is 10.1. The molecule has 17 heteroatoms. The van der Waals surface area contributed by atoms with Gasteiger partial charge in [0.2, 0.25) is 0 Å². The third-order valence-electron chi connectivity index (χ3n) is 3.71. The molecule has 0 saturated heterocycles. The van der Waals surface area contributed by atoms with Gasteiger partial charge in [-0.1, -0.05) is 6.08 Å². The molecule has 0 aromatic heterocycles. The summed E-state index contributed by atoms with van der Waals surface area (Å²) in [6.07, 6.45) is -20.3. The van der Waals surface area contributed by atoms with Gasteiger partial charge in [-0.15, -0.1) is 0 Å². The van der Waals surface area contributed by atoms with E-state index >= 15 is 0 Å². The fourth-order valence-corrected chi connectivity index (χ4v) is 1.89. The van der Waals surface area contributed by atoms with Crippen molar-refractivity contribution >= 4 is 0 Å². The molecule has 0 radical (unpaired) electrons. The van der Waals surface area contributed by atoms with E-state index in [9.17, 15) is 62.2 Å². The van der Waals surface area contributed by atoms with Gasteiger partial charge in [-0.05, 0) is 19.8 Å². The van der Waals surface area contributed by atoms with E-state index in [1.54, 1.807) is 11.7 Å². The van der Waals surface area contributed by atoms with E-state index in [2.05, 4.69) is 4.74 Å². The summed E-state index contributed by atoms with van der Waals surface area (Å²) < 4.78 is 177.